The molecule has 7 heteroatoms. The maximum atomic E-state index is 13.5. The van der Waals surface area contributed by atoms with Crippen molar-refractivity contribution in [1.82, 2.24) is 10.2 Å². The Morgan fingerprint density at radius 1 is 0.897 bits per heavy atom. The molecule has 3 atom stereocenters. The molecule has 0 spiro atoms. The Labute approximate surface area is 233 Å². The zero-order chi connectivity index (χ0) is 28.2. The second kappa shape index (κ2) is 12.2. The molecule has 4 rings (SSSR count). The maximum absolute atomic E-state index is 13.5. The number of amides is 1. The second-order valence-electron chi connectivity index (χ2n) is 12.8. The Morgan fingerprint density at radius 2 is 1.54 bits per heavy atom. The van der Waals surface area contributed by atoms with Gasteiger partial charge in [-0.1, -0.05) is 30.3 Å². The normalized spacial score (nSPS) is 23.3. The molecule has 2 saturated heterocycles. The molecule has 7 nitrogen and oxygen atoms in total. The van der Waals surface area contributed by atoms with Crippen LogP contribution in [0.1, 0.15) is 82.6 Å². The van der Waals surface area contributed by atoms with E-state index in [1.807, 2.05) is 39.0 Å². The summed E-state index contributed by atoms with van der Waals surface area (Å²) in [6.45, 7) is 15.1. The number of ether oxygens (including phenoxy) is 2. The summed E-state index contributed by atoms with van der Waals surface area (Å²) in [6, 6.07) is 16.7. The molecule has 2 aliphatic heterocycles. The molecule has 2 aromatic carbocycles. The van der Waals surface area contributed by atoms with E-state index in [-0.39, 0.29) is 41.6 Å². The second-order valence-corrected chi connectivity index (χ2v) is 12.8. The highest BCUT2D eigenvalue weighted by Gasteiger charge is 2.38. The highest BCUT2D eigenvalue weighted by Crippen LogP contribution is 2.32. The first-order valence-corrected chi connectivity index (χ1v) is 14.2. The van der Waals surface area contributed by atoms with Crippen molar-refractivity contribution in [2.45, 2.75) is 96.1 Å². The van der Waals surface area contributed by atoms with Gasteiger partial charge in [0, 0.05) is 36.8 Å². The van der Waals surface area contributed by atoms with Gasteiger partial charge in [-0.05, 0) is 90.6 Å². The van der Waals surface area contributed by atoms with Crippen LogP contribution in [0.25, 0.3) is 0 Å². The summed E-state index contributed by atoms with van der Waals surface area (Å²) in [5, 5.41) is 6.54. The SMILES string of the molecule is CC(C)(C)OC(=O)c1ccc(NC(=O)C2NCC(OC3CCN(C(C)(C)C)CC3)CC2c2ccccc2)cc1. The summed E-state index contributed by atoms with van der Waals surface area (Å²) < 4.78 is 12.0. The summed E-state index contributed by atoms with van der Waals surface area (Å²) in [4.78, 5) is 28.3. The minimum atomic E-state index is -0.561. The predicted molar refractivity (Wildman–Crippen MR) is 155 cm³/mol. The Kier molecular flexibility index (Phi) is 9.14. The lowest BCUT2D eigenvalue weighted by Crippen LogP contribution is -2.54. The van der Waals surface area contributed by atoms with E-state index in [2.05, 4.69) is 48.4 Å². The molecule has 0 saturated carbocycles. The van der Waals surface area contributed by atoms with Crippen LogP contribution < -0.4 is 10.6 Å². The van der Waals surface area contributed by atoms with Crippen LogP contribution >= 0.6 is 0 Å². The van der Waals surface area contributed by atoms with Crippen LogP contribution in [-0.4, -0.2) is 65.8 Å². The van der Waals surface area contributed by atoms with Crippen molar-refractivity contribution in [2.75, 3.05) is 25.0 Å². The Morgan fingerprint density at radius 3 is 2.13 bits per heavy atom. The fourth-order valence-corrected chi connectivity index (χ4v) is 5.49. The van der Waals surface area contributed by atoms with Crippen LogP contribution in [0, 0.1) is 0 Å². The zero-order valence-electron chi connectivity index (χ0n) is 24.3. The van der Waals surface area contributed by atoms with Gasteiger partial charge in [0.2, 0.25) is 5.91 Å². The number of nitrogens with zero attached hydrogens (tertiary/aromatic N) is 1. The van der Waals surface area contributed by atoms with Crippen LogP contribution in [-0.2, 0) is 14.3 Å². The molecule has 2 fully saturated rings. The van der Waals surface area contributed by atoms with Crippen LogP contribution in [0.15, 0.2) is 54.6 Å². The number of rotatable bonds is 6. The highest BCUT2D eigenvalue weighted by molar-refractivity contribution is 5.96. The van der Waals surface area contributed by atoms with Crippen molar-refractivity contribution >= 4 is 17.6 Å². The molecule has 2 aliphatic rings. The molecule has 0 radical (unpaired) electrons. The van der Waals surface area contributed by atoms with Gasteiger partial charge < -0.3 is 20.1 Å². The fraction of sp³-hybridized carbons (Fsp3) is 0.562. The lowest BCUT2D eigenvalue weighted by molar-refractivity contribution is -0.121. The monoisotopic (exact) mass is 535 g/mol. The van der Waals surface area contributed by atoms with Gasteiger partial charge in [-0.15, -0.1) is 0 Å². The summed E-state index contributed by atoms with van der Waals surface area (Å²) in [5.41, 5.74) is 1.85. The highest BCUT2D eigenvalue weighted by atomic mass is 16.6. The first-order valence-electron chi connectivity index (χ1n) is 14.2. The summed E-state index contributed by atoms with van der Waals surface area (Å²) in [6.07, 6.45) is 3.16. The molecule has 2 heterocycles. The molecule has 0 aliphatic carbocycles. The molecule has 1 amide bonds. The lowest BCUT2D eigenvalue weighted by Gasteiger charge is -2.43. The molecular formula is C32H45N3O4. The number of carbonyl (C=O) groups is 2. The first kappa shape index (κ1) is 29.2. The Balaban J connectivity index is 1.39. The number of hydrogen-bond acceptors (Lipinski definition) is 6. The Bertz CT molecular complexity index is 1100. The van der Waals surface area contributed by atoms with Crippen molar-refractivity contribution < 1.29 is 19.1 Å². The minimum absolute atomic E-state index is 0.0133. The fourth-order valence-electron chi connectivity index (χ4n) is 5.49. The standard InChI is InChI=1S/C32H45N3O4/c1-31(2,3)35-18-16-25(17-19-35)38-26-20-27(22-10-8-7-9-11-22)28(33-21-26)29(36)34-24-14-12-23(13-15-24)30(37)39-32(4,5)6/h7-15,25-28,33H,16-21H2,1-6H3,(H,34,36). The first-order chi connectivity index (χ1) is 18.4. The van der Waals surface area contributed by atoms with Crippen molar-refractivity contribution in [3.8, 4) is 0 Å². The number of likely N-dealkylation sites (tertiary alicyclic amines) is 1. The van der Waals surface area contributed by atoms with E-state index in [1.165, 1.54) is 0 Å². The number of benzene rings is 2. The van der Waals surface area contributed by atoms with E-state index in [1.54, 1.807) is 24.3 Å². The number of carbonyl (C=O) groups excluding carboxylic acids is 2. The average Bonchev–Trinajstić information content (AvgIpc) is 2.88. The van der Waals surface area contributed by atoms with Gasteiger partial charge in [-0.2, -0.15) is 0 Å². The number of nitrogens with one attached hydrogen (secondary N) is 2. The smallest absolute Gasteiger partial charge is 0.338 e. The van der Waals surface area contributed by atoms with Crippen molar-refractivity contribution in [2.24, 2.45) is 0 Å². The predicted octanol–water partition coefficient (Wildman–Crippen LogP) is 5.37. The van der Waals surface area contributed by atoms with E-state index in [9.17, 15) is 9.59 Å². The zero-order valence-corrected chi connectivity index (χ0v) is 24.3. The van der Waals surface area contributed by atoms with E-state index in [0.29, 0.717) is 17.8 Å². The van der Waals surface area contributed by atoms with Gasteiger partial charge in [-0.3, -0.25) is 9.69 Å². The quantitative estimate of drug-likeness (QED) is 0.484. The molecule has 3 unspecified atom stereocenters. The van der Waals surface area contributed by atoms with E-state index < -0.39 is 5.60 Å². The van der Waals surface area contributed by atoms with Crippen LogP contribution in [0.3, 0.4) is 0 Å². The van der Waals surface area contributed by atoms with E-state index >= 15 is 0 Å². The number of esters is 1. The third-order valence-corrected chi connectivity index (χ3v) is 7.56. The third kappa shape index (κ3) is 8.13. The van der Waals surface area contributed by atoms with Gasteiger partial charge in [0.25, 0.3) is 0 Å². The van der Waals surface area contributed by atoms with Crippen LogP contribution in [0.2, 0.25) is 0 Å². The van der Waals surface area contributed by atoms with Gasteiger partial charge in [0.15, 0.2) is 0 Å². The average molecular weight is 536 g/mol. The van der Waals surface area contributed by atoms with E-state index in [4.69, 9.17) is 9.47 Å². The number of hydrogen-bond donors (Lipinski definition) is 2. The van der Waals surface area contributed by atoms with Gasteiger partial charge in [0.05, 0.1) is 23.8 Å². The van der Waals surface area contributed by atoms with Gasteiger partial charge >= 0.3 is 5.97 Å². The van der Waals surface area contributed by atoms with Crippen LogP contribution in [0.5, 0.6) is 0 Å². The van der Waals surface area contributed by atoms with Crippen molar-refractivity contribution in [3.63, 3.8) is 0 Å². The van der Waals surface area contributed by atoms with Crippen LogP contribution in [0.4, 0.5) is 5.69 Å². The van der Waals surface area contributed by atoms with Gasteiger partial charge in [0.1, 0.15) is 5.60 Å². The van der Waals surface area contributed by atoms with Crippen molar-refractivity contribution in [1.29, 1.82) is 0 Å². The van der Waals surface area contributed by atoms with E-state index in [0.717, 1.165) is 37.9 Å². The summed E-state index contributed by atoms with van der Waals surface area (Å²) in [5.74, 6) is -0.486. The molecule has 39 heavy (non-hydrogen) atoms. The molecule has 212 valence electrons. The third-order valence-electron chi connectivity index (χ3n) is 7.56. The molecule has 2 N–H and O–H groups in total. The summed E-state index contributed by atoms with van der Waals surface area (Å²) >= 11 is 0. The molecular weight excluding hydrogens is 490 g/mol. The minimum Gasteiger partial charge on any atom is -0.456 e. The Hall–Kier alpha value is -2.74. The number of piperidine rings is 2. The number of anilines is 1. The largest absolute Gasteiger partial charge is 0.456 e. The van der Waals surface area contributed by atoms with Crippen molar-refractivity contribution in [3.05, 3.63) is 65.7 Å². The molecule has 0 aromatic heterocycles. The molecule has 0 bridgehead atoms. The maximum Gasteiger partial charge on any atom is 0.338 e. The summed E-state index contributed by atoms with van der Waals surface area (Å²) in [7, 11) is 0. The van der Waals surface area contributed by atoms with Gasteiger partial charge in [-0.25, -0.2) is 4.79 Å². The lowest BCUT2D eigenvalue weighted by atomic mass is 9.83. The topological polar surface area (TPSA) is 79.9 Å². The molecule has 2 aromatic rings.